The highest BCUT2D eigenvalue weighted by Crippen LogP contribution is 2.41. The molecule has 0 unspecified atom stereocenters. The molecule has 2 aromatic rings. The van der Waals surface area contributed by atoms with E-state index in [9.17, 15) is 13.2 Å². The molecule has 1 saturated heterocycles. The molecule has 0 aliphatic carbocycles. The molecule has 2 N–H and O–H groups in total. The van der Waals surface area contributed by atoms with Crippen molar-refractivity contribution in [2.45, 2.75) is 4.90 Å². The zero-order valence-electron chi connectivity index (χ0n) is 14.8. The van der Waals surface area contributed by atoms with Gasteiger partial charge in [0.15, 0.2) is 0 Å². The highest BCUT2D eigenvalue weighted by Gasteiger charge is 2.36. The average molecular weight is 411 g/mol. The van der Waals surface area contributed by atoms with Gasteiger partial charge in [0.2, 0.25) is 5.91 Å². The minimum atomic E-state index is -3.69. The van der Waals surface area contributed by atoms with Gasteiger partial charge in [-0.3, -0.25) is 14.0 Å². The summed E-state index contributed by atoms with van der Waals surface area (Å²) in [5.74, 6) is -0.284. The normalized spacial score (nSPS) is 18.3. The SMILES string of the molecule is Cl.O=C(CN1c2cccc3cccc(c23)S1(=O)=O)NCCN1CCNCC1. The van der Waals surface area contributed by atoms with Gasteiger partial charge in [0, 0.05) is 44.7 Å². The van der Waals surface area contributed by atoms with E-state index in [1.54, 1.807) is 18.2 Å². The Morgan fingerprint density at radius 1 is 1.11 bits per heavy atom. The van der Waals surface area contributed by atoms with Crippen LogP contribution in [0, 0.1) is 0 Å². The first kappa shape index (κ1) is 19.9. The van der Waals surface area contributed by atoms with Crippen LogP contribution < -0.4 is 14.9 Å². The minimum Gasteiger partial charge on any atom is -0.353 e. The predicted molar refractivity (Wildman–Crippen MR) is 108 cm³/mol. The summed E-state index contributed by atoms with van der Waals surface area (Å²) in [6, 6.07) is 10.7. The second-order valence-corrected chi connectivity index (χ2v) is 8.42. The van der Waals surface area contributed by atoms with Crippen molar-refractivity contribution in [1.29, 1.82) is 0 Å². The Hall–Kier alpha value is -1.87. The minimum absolute atomic E-state index is 0. The molecule has 0 bridgehead atoms. The summed E-state index contributed by atoms with van der Waals surface area (Å²) in [5.41, 5.74) is 0.579. The first-order valence-electron chi connectivity index (χ1n) is 8.81. The molecule has 0 spiro atoms. The van der Waals surface area contributed by atoms with Gasteiger partial charge < -0.3 is 10.6 Å². The van der Waals surface area contributed by atoms with Crippen LogP contribution in [0.4, 0.5) is 5.69 Å². The molecule has 0 aromatic heterocycles. The van der Waals surface area contributed by atoms with Crippen molar-refractivity contribution in [3.8, 4) is 0 Å². The van der Waals surface area contributed by atoms with Crippen molar-refractivity contribution in [1.82, 2.24) is 15.5 Å². The number of rotatable bonds is 5. The highest BCUT2D eigenvalue weighted by atomic mass is 35.5. The van der Waals surface area contributed by atoms with Crippen LogP contribution >= 0.6 is 12.4 Å². The van der Waals surface area contributed by atoms with Crippen molar-refractivity contribution in [3.63, 3.8) is 0 Å². The van der Waals surface area contributed by atoms with Crippen LogP contribution in [-0.4, -0.2) is 65.0 Å². The molecule has 27 heavy (non-hydrogen) atoms. The van der Waals surface area contributed by atoms with E-state index in [2.05, 4.69) is 15.5 Å². The molecule has 2 aliphatic heterocycles. The van der Waals surface area contributed by atoms with Crippen LogP contribution in [0.25, 0.3) is 10.8 Å². The van der Waals surface area contributed by atoms with E-state index in [0.29, 0.717) is 17.6 Å². The number of halogens is 1. The molecule has 4 rings (SSSR count). The number of anilines is 1. The van der Waals surface area contributed by atoms with Crippen LogP contribution in [0.15, 0.2) is 41.3 Å². The van der Waals surface area contributed by atoms with E-state index in [-0.39, 0.29) is 29.8 Å². The number of amides is 1. The number of benzene rings is 2. The van der Waals surface area contributed by atoms with E-state index in [0.717, 1.165) is 38.1 Å². The van der Waals surface area contributed by atoms with Crippen molar-refractivity contribution in [3.05, 3.63) is 36.4 Å². The van der Waals surface area contributed by atoms with Gasteiger partial charge in [-0.15, -0.1) is 12.4 Å². The first-order valence-corrected chi connectivity index (χ1v) is 10.3. The Labute approximate surface area is 165 Å². The summed E-state index contributed by atoms with van der Waals surface area (Å²) in [6.45, 7) is 4.95. The second kappa shape index (κ2) is 8.02. The molecule has 0 radical (unpaired) electrons. The van der Waals surface area contributed by atoms with Gasteiger partial charge in [-0.2, -0.15) is 0 Å². The fourth-order valence-corrected chi connectivity index (χ4v) is 5.27. The van der Waals surface area contributed by atoms with Gasteiger partial charge in [-0.05, 0) is 17.5 Å². The molecular weight excluding hydrogens is 388 g/mol. The zero-order valence-corrected chi connectivity index (χ0v) is 16.5. The molecule has 1 fully saturated rings. The lowest BCUT2D eigenvalue weighted by Crippen LogP contribution is -2.47. The number of nitrogens with zero attached hydrogens (tertiary/aromatic N) is 2. The van der Waals surface area contributed by atoms with Crippen LogP contribution in [0.3, 0.4) is 0 Å². The summed E-state index contributed by atoms with van der Waals surface area (Å²) >= 11 is 0. The number of nitrogens with one attached hydrogen (secondary N) is 2. The van der Waals surface area contributed by atoms with E-state index in [4.69, 9.17) is 0 Å². The lowest BCUT2D eigenvalue weighted by molar-refractivity contribution is -0.119. The Kier molecular flexibility index (Phi) is 5.90. The average Bonchev–Trinajstić information content (AvgIpc) is 2.86. The number of piperazine rings is 1. The maximum Gasteiger partial charge on any atom is 0.265 e. The molecule has 0 saturated carbocycles. The standard InChI is InChI=1S/C18H22N4O3S.ClH/c23-17(20-9-12-21-10-7-19-8-11-21)13-22-15-5-1-3-14-4-2-6-16(18(14)15)26(22,24)25;/h1-6,19H,7-13H2,(H,20,23);1H. The summed E-state index contributed by atoms with van der Waals surface area (Å²) in [7, 11) is -3.69. The number of hydrogen-bond acceptors (Lipinski definition) is 5. The molecule has 7 nitrogen and oxygen atoms in total. The molecule has 0 atom stereocenters. The predicted octanol–water partition coefficient (Wildman–Crippen LogP) is 0.792. The van der Waals surface area contributed by atoms with E-state index >= 15 is 0 Å². The first-order chi connectivity index (χ1) is 12.6. The third kappa shape index (κ3) is 3.75. The Bertz CT molecular complexity index is 940. The Balaban J connectivity index is 0.00000210. The van der Waals surface area contributed by atoms with E-state index in [1.165, 1.54) is 4.31 Å². The Morgan fingerprint density at radius 2 is 1.81 bits per heavy atom. The quantitative estimate of drug-likeness (QED) is 0.761. The van der Waals surface area contributed by atoms with Gasteiger partial charge in [0.25, 0.3) is 10.0 Å². The smallest absolute Gasteiger partial charge is 0.265 e. The summed E-state index contributed by atoms with van der Waals surface area (Å²) in [5, 5.41) is 7.70. The lowest BCUT2D eigenvalue weighted by Gasteiger charge is -2.27. The fourth-order valence-electron chi connectivity index (χ4n) is 3.60. The number of sulfonamides is 1. The molecule has 2 aliphatic rings. The van der Waals surface area contributed by atoms with Crippen LogP contribution in [-0.2, 0) is 14.8 Å². The third-order valence-corrected chi connectivity index (χ3v) is 6.73. The van der Waals surface area contributed by atoms with Gasteiger partial charge in [0.05, 0.1) is 10.6 Å². The topological polar surface area (TPSA) is 81.8 Å². The number of carbonyl (C=O) groups is 1. The van der Waals surface area contributed by atoms with Crippen molar-refractivity contribution in [2.24, 2.45) is 0 Å². The molecular formula is C18H23ClN4O3S. The maximum atomic E-state index is 12.9. The highest BCUT2D eigenvalue weighted by molar-refractivity contribution is 7.93. The van der Waals surface area contributed by atoms with Crippen molar-refractivity contribution < 1.29 is 13.2 Å². The third-order valence-electron chi connectivity index (χ3n) is 4.93. The van der Waals surface area contributed by atoms with Gasteiger partial charge >= 0.3 is 0 Å². The van der Waals surface area contributed by atoms with Crippen LogP contribution in [0.5, 0.6) is 0 Å². The second-order valence-electron chi connectivity index (χ2n) is 6.58. The van der Waals surface area contributed by atoms with Crippen LogP contribution in [0.1, 0.15) is 0 Å². The van der Waals surface area contributed by atoms with E-state index in [1.807, 2.05) is 18.2 Å². The Morgan fingerprint density at radius 3 is 2.56 bits per heavy atom. The van der Waals surface area contributed by atoms with Gasteiger partial charge in [-0.25, -0.2) is 8.42 Å². The largest absolute Gasteiger partial charge is 0.353 e. The summed E-state index contributed by atoms with van der Waals surface area (Å²) in [6.07, 6.45) is 0. The van der Waals surface area contributed by atoms with Gasteiger partial charge in [-0.1, -0.05) is 24.3 Å². The summed E-state index contributed by atoms with van der Waals surface area (Å²) in [4.78, 5) is 14.9. The molecule has 146 valence electrons. The van der Waals surface area contributed by atoms with E-state index < -0.39 is 10.0 Å². The number of carbonyl (C=O) groups excluding carboxylic acids is 1. The number of hydrogen-bond donors (Lipinski definition) is 2. The van der Waals surface area contributed by atoms with Crippen molar-refractivity contribution in [2.75, 3.05) is 50.1 Å². The lowest BCUT2D eigenvalue weighted by atomic mass is 10.1. The molecule has 2 aromatic carbocycles. The maximum absolute atomic E-state index is 12.9. The zero-order chi connectivity index (χ0) is 18.1. The van der Waals surface area contributed by atoms with Crippen molar-refractivity contribution >= 4 is 44.8 Å². The monoisotopic (exact) mass is 410 g/mol. The molecule has 2 heterocycles. The fraction of sp³-hybridized carbons (Fsp3) is 0.389. The summed E-state index contributed by atoms with van der Waals surface area (Å²) < 4.78 is 26.9. The van der Waals surface area contributed by atoms with Gasteiger partial charge in [0.1, 0.15) is 6.54 Å². The molecule has 9 heteroatoms. The molecule has 1 amide bonds. The van der Waals surface area contributed by atoms with Crippen LogP contribution in [0.2, 0.25) is 0 Å².